The average molecular weight is 295 g/mol. The van der Waals surface area contributed by atoms with E-state index >= 15 is 0 Å². The Morgan fingerprint density at radius 1 is 1.05 bits per heavy atom. The highest BCUT2D eigenvalue weighted by Crippen LogP contribution is 2.39. The number of fused-ring (bicyclic) bond motifs is 1. The molecule has 0 fully saturated rings. The zero-order valence-corrected chi connectivity index (χ0v) is 11.3. The van der Waals surface area contributed by atoms with E-state index in [0.29, 0.717) is 22.0 Å². The van der Waals surface area contributed by atoms with Crippen LogP contribution in [0.1, 0.15) is 33.8 Å². The van der Waals surface area contributed by atoms with Crippen molar-refractivity contribution in [2.45, 2.75) is 12.3 Å². The molecule has 2 aromatic carbocycles. The molecule has 0 amide bonds. The van der Waals surface area contributed by atoms with E-state index in [1.807, 2.05) is 6.07 Å². The van der Waals surface area contributed by atoms with Crippen molar-refractivity contribution in [1.82, 2.24) is 0 Å². The summed E-state index contributed by atoms with van der Waals surface area (Å²) >= 11 is 11.9. The maximum absolute atomic E-state index is 13.2. The highest BCUT2D eigenvalue weighted by Gasteiger charge is 2.30. The quantitative estimate of drug-likeness (QED) is 0.735. The Bertz CT molecular complexity index is 682. The van der Waals surface area contributed by atoms with E-state index in [-0.39, 0.29) is 17.5 Å². The highest BCUT2D eigenvalue weighted by atomic mass is 35.5. The first-order valence-electron chi connectivity index (χ1n) is 5.84. The number of carbonyl (C=O) groups is 1. The van der Waals surface area contributed by atoms with Crippen molar-refractivity contribution in [3.8, 4) is 0 Å². The van der Waals surface area contributed by atoms with E-state index < -0.39 is 0 Å². The first kappa shape index (κ1) is 12.6. The summed E-state index contributed by atoms with van der Waals surface area (Å²) in [5.41, 5.74) is 2.24. The predicted octanol–water partition coefficient (Wildman–Crippen LogP) is 4.85. The van der Waals surface area contributed by atoms with E-state index in [9.17, 15) is 9.18 Å². The van der Waals surface area contributed by atoms with Crippen molar-refractivity contribution in [2.75, 3.05) is 0 Å². The van der Waals surface area contributed by atoms with Crippen LogP contribution in [0.4, 0.5) is 4.39 Å². The fraction of sp³-hybridized carbons (Fsp3) is 0.133. The van der Waals surface area contributed by atoms with Crippen LogP contribution in [-0.2, 0) is 0 Å². The largest absolute Gasteiger partial charge is 0.294 e. The highest BCUT2D eigenvalue weighted by molar-refractivity contribution is 6.42. The van der Waals surface area contributed by atoms with Crippen LogP contribution in [0.25, 0.3) is 0 Å². The zero-order valence-electron chi connectivity index (χ0n) is 9.79. The number of hydrogen-bond donors (Lipinski definition) is 0. The molecule has 3 rings (SSSR count). The third-order valence-electron chi connectivity index (χ3n) is 3.43. The van der Waals surface area contributed by atoms with Gasteiger partial charge in [0.1, 0.15) is 5.82 Å². The molecule has 1 atom stereocenters. The summed E-state index contributed by atoms with van der Waals surface area (Å²) in [5, 5.41) is 0.941. The van der Waals surface area contributed by atoms with Crippen LogP contribution in [0.5, 0.6) is 0 Å². The zero-order chi connectivity index (χ0) is 13.6. The maximum Gasteiger partial charge on any atom is 0.164 e. The van der Waals surface area contributed by atoms with E-state index in [4.69, 9.17) is 23.2 Å². The van der Waals surface area contributed by atoms with E-state index in [1.54, 1.807) is 18.2 Å². The second-order valence-corrected chi connectivity index (χ2v) is 5.40. The van der Waals surface area contributed by atoms with Gasteiger partial charge < -0.3 is 0 Å². The second-order valence-electron chi connectivity index (χ2n) is 4.59. The van der Waals surface area contributed by atoms with E-state index in [1.165, 1.54) is 12.1 Å². The molecule has 1 aliphatic rings. The SMILES string of the molecule is O=C1CC(c2ccc(Cl)c(Cl)c2)c2ccc(F)cc21. The number of halogens is 3. The van der Waals surface area contributed by atoms with Crippen molar-refractivity contribution in [3.63, 3.8) is 0 Å². The van der Waals surface area contributed by atoms with Crippen molar-refractivity contribution in [2.24, 2.45) is 0 Å². The summed E-state index contributed by atoms with van der Waals surface area (Å²) in [6.45, 7) is 0. The molecule has 19 heavy (non-hydrogen) atoms. The fourth-order valence-corrected chi connectivity index (χ4v) is 2.81. The van der Waals surface area contributed by atoms with Crippen molar-refractivity contribution < 1.29 is 9.18 Å². The predicted molar refractivity (Wildman–Crippen MR) is 73.7 cm³/mol. The molecule has 1 nitrogen and oxygen atoms in total. The molecule has 0 saturated heterocycles. The molecule has 2 aromatic rings. The molecule has 0 heterocycles. The minimum atomic E-state index is -0.387. The number of carbonyl (C=O) groups excluding carboxylic acids is 1. The summed E-state index contributed by atoms with van der Waals surface area (Å²) in [5.74, 6) is -0.495. The number of hydrogen-bond acceptors (Lipinski definition) is 1. The molecular weight excluding hydrogens is 286 g/mol. The van der Waals surface area contributed by atoms with Gasteiger partial charge in [0.25, 0.3) is 0 Å². The molecule has 1 unspecified atom stereocenters. The summed E-state index contributed by atoms with van der Waals surface area (Å²) in [6.07, 6.45) is 0.344. The molecule has 0 N–H and O–H groups in total. The summed E-state index contributed by atoms with van der Waals surface area (Å²) in [7, 11) is 0. The Morgan fingerprint density at radius 2 is 1.84 bits per heavy atom. The van der Waals surface area contributed by atoms with Crippen molar-refractivity contribution in [3.05, 3.63) is 69.0 Å². The van der Waals surface area contributed by atoms with Crippen LogP contribution in [0.2, 0.25) is 10.0 Å². The lowest BCUT2D eigenvalue weighted by atomic mass is 9.93. The molecule has 0 aromatic heterocycles. The lowest BCUT2D eigenvalue weighted by Crippen LogP contribution is -1.96. The van der Waals surface area contributed by atoms with Crippen LogP contribution in [0.3, 0.4) is 0 Å². The van der Waals surface area contributed by atoms with Gasteiger partial charge >= 0.3 is 0 Å². The monoisotopic (exact) mass is 294 g/mol. The smallest absolute Gasteiger partial charge is 0.164 e. The molecule has 96 valence electrons. The second kappa shape index (κ2) is 4.62. The lowest BCUT2D eigenvalue weighted by Gasteiger charge is -2.12. The Morgan fingerprint density at radius 3 is 2.58 bits per heavy atom. The van der Waals surface area contributed by atoms with Gasteiger partial charge in [-0.15, -0.1) is 0 Å². The van der Waals surface area contributed by atoms with Gasteiger partial charge in [-0.05, 0) is 35.4 Å². The third-order valence-corrected chi connectivity index (χ3v) is 4.17. The normalized spacial score (nSPS) is 17.6. The van der Waals surface area contributed by atoms with Gasteiger partial charge in [0.2, 0.25) is 0 Å². The van der Waals surface area contributed by atoms with Crippen LogP contribution in [0.15, 0.2) is 36.4 Å². The average Bonchev–Trinajstić information content (AvgIpc) is 2.70. The van der Waals surface area contributed by atoms with Gasteiger partial charge in [-0.1, -0.05) is 35.3 Å². The first-order chi connectivity index (χ1) is 9.06. The minimum absolute atomic E-state index is 0.0365. The Balaban J connectivity index is 2.09. The molecule has 0 bridgehead atoms. The van der Waals surface area contributed by atoms with Crippen LogP contribution < -0.4 is 0 Å². The van der Waals surface area contributed by atoms with E-state index in [0.717, 1.165) is 11.1 Å². The van der Waals surface area contributed by atoms with Crippen LogP contribution >= 0.6 is 23.2 Å². The van der Waals surface area contributed by atoms with Crippen molar-refractivity contribution >= 4 is 29.0 Å². The third kappa shape index (κ3) is 2.15. The molecule has 0 aliphatic heterocycles. The first-order valence-corrected chi connectivity index (χ1v) is 6.59. The van der Waals surface area contributed by atoms with Gasteiger partial charge in [0.05, 0.1) is 10.0 Å². The number of ketones is 1. The minimum Gasteiger partial charge on any atom is -0.294 e. The van der Waals surface area contributed by atoms with Gasteiger partial charge in [0.15, 0.2) is 5.78 Å². The Labute approximate surface area is 120 Å². The number of rotatable bonds is 1. The molecule has 4 heteroatoms. The summed E-state index contributed by atoms with van der Waals surface area (Å²) in [6, 6.07) is 9.68. The Kier molecular flexibility index (Phi) is 3.08. The molecule has 1 aliphatic carbocycles. The molecular formula is C15H9Cl2FO. The van der Waals surface area contributed by atoms with Gasteiger partial charge in [-0.3, -0.25) is 4.79 Å². The molecule has 0 spiro atoms. The summed E-state index contributed by atoms with van der Waals surface area (Å²) < 4.78 is 13.2. The van der Waals surface area contributed by atoms with Crippen LogP contribution in [0, 0.1) is 5.82 Å². The van der Waals surface area contributed by atoms with Crippen LogP contribution in [-0.4, -0.2) is 5.78 Å². The van der Waals surface area contributed by atoms with Gasteiger partial charge in [0, 0.05) is 17.9 Å². The van der Waals surface area contributed by atoms with E-state index in [2.05, 4.69) is 0 Å². The standard InChI is InChI=1S/C15H9Cl2FO/c16-13-4-1-8(5-14(13)17)11-7-15(19)12-6-9(18)2-3-10(11)12/h1-6,11H,7H2. The topological polar surface area (TPSA) is 17.1 Å². The van der Waals surface area contributed by atoms with Crippen molar-refractivity contribution in [1.29, 1.82) is 0 Å². The van der Waals surface area contributed by atoms with Gasteiger partial charge in [-0.25, -0.2) is 4.39 Å². The number of Topliss-reactive ketones (excluding diaryl/α,β-unsaturated/α-hetero) is 1. The molecule has 0 radical (unpaired) electrons. The fourth-order valence-electron chi connectivity index (χ4n) is 2.51. The summed E-state index contributed by atoms with van der Waals surface area (Å²) in [4.78, 5) is 11.9. The number of benzene rings is 2. The van der Waals surface area contributed by atoms with Gasteiger partial charge in [-0.2, -0.15) is 0 Å². The maximum atomic E-state index is 13.2. The Hall–Kier alpha value is -1.38. The lowest BCUT2D eigenvalue weighted by molar-refractivity contribution is 0.0991. The molecule has 0 saturated carbocycles.